The maximum absolute atomic E-state index is 12.6. The summed E-state index contributed by atoms with van der Waals surface area (Å²) < 4.78 is 29.8. The number of halogens is 3. The molecule has 152 valence electrons. The molecule has 1 amide bonds. The second kappa shape index (κ2) is 8.74. The average molecular weight is 414 g/mol. The van der Waals surface area contributed by atoms with E-state index in [9.17, 15) is 13.6 Å². The van der Waals surface area contributed by atoms with E-state index in [0.29, 0.717) is 31.0 Å². The van der Waals surface area contributed by atoms with Gasteiger partial charge in [0.2, 0.25) is 0 Å². The Bertz CT molecular complexity index is 832. The molecule has 0 spiro atoms. The van der Waals surface area contributed by atoms with E-state index < -0.39 is 6.61 Å². The topological polar surface area (TPSA) is 82.3 Å². The van der Waals surface area contributed by atoms with Gasteiger partial charge in [-0.15, -0.1) is 12.4 Å². The first kappa shape index (κ1) is 20.3. The highest BCUT2D eigenvalue weighted by Crippen LogP contribution is 2.31. The van der Waals surface area contributed by atoms with Crippen LogP contribution in [-0.4, -0.2) is 48.4 Å². The minimum absolute atomic E-state index is 0. The van der Waals surface area contributed by atoms with Gasteiger partial charge in [-0.1, -0.05) is 12.1 Å². The molecule has 2 aromatic rings. The Kier molecular flexibility index (Phi) is 6.35. The summed E-state index contributed by atoms with van der Waals surface area (Å²) in [5.41, 5.74) is 2.96. The highest BCUT2D eigenvalue weighted by molar-refractivity contribution is 5.94. The van der Waals surface area contributed by atoms with Crippen molar-refractivity contribution in [1.29, 1.82) is 0 Å². The molecule has 1 aromatic carbocycles. The van der Waals surface area contributed by atoms with E-state index in [1.807, 2.05) is 4.90 Å². The number of carbonyl (C=O) groups excluding carboxylic acids is 1. The van der Waals surface area contributed by atoms with Gasteiger partial charge in [-0.25, -0.2) is 0 Å². The molecule has 1 aromatic heterocycles. The lowest BCUT2D eigenvalue weighted by Crippen LogP contribution is -2.38. The molecular formula is C18H22ClF2N5O2. The highest BCUT2D eigenvalue weighted by Gasteiger charge is 2.29. The summed E-state index contributed by atoms with van der Waals surface area (Å²) in [5, 5.41) is 13.4. The molecule has 28 heavy (non-hydrogen) atoms. The standard InChI is InChI=1S/C18H21F2N5O2.ClH/c19-18(20)27-15-4-2-1-3-14(15)25-8-6-11(10-25)22-17(26)16-12-9-21-7-5-13(12)23-24-16;/h1-4,11,18,21H,5-10H2,(H,22,26)(H,23,24);1H. The van der Waals surface area contributed by atoms with E-state index in [1.165, 1.54) is 6.07 Å². The molecule has 1 unspecified atom stereocenters. The van der Waals surface area contributed by atoms with Gasteiger partial charge in [0.05, 0.1) is 5.69 Å². The third-order valence-electron chi connectivity index (χ3n) is 4.97. The largest absolute Gasteiger partial charge is 0.433 e. The normalized spacial score (nSPS) is 18.5. The zero-order valence-corrected chi connectivity index (χ0v) is 15.9. The van der Waals surface area contributed by atoms with Crippen molar-refractivity contribution in [2.45, 2.75) is 32.0 Å². The summed E-state index contributed by atoms with van der Waals surface area (Å²) in [6.07, 6.45) is 1.55. The minimum Gasteiger partial charge on any atom is -0.433 e. The lowest BCUT2D eigenvalue weighted by atomic mass is 10.1. The van der Waals surface area contributed by atoms with Crippen LogP contribution in [0.5, 0.6) is 5.75 Å². The Morgan fingerprint density at radius 1 is 1.36 bits per heavy atom. The third kappa shape index (κ3) is 4.20. The molecule has 4 rings (SSSR count). The molecule has 2 aliphatic heterocycles. The fourth-order valence-electron chi connectivity index (χ4n) is 3.68. The van der Waals surface area contributed by atoms with Crippen LogP contribution < -0.4 is 20.3 Å². The van der Waals surface area contributed by atoms with Gasteiger partial charge in [0, 0.05) is 49.9 Å². The van der Waals surface area contributed by atoms with Crippen LogP contribution in [0.1, 0.15) is 28.2 Å². The molecule has 1 atom stereocenters. The Morgan fingerprint density at radius 2 is 2.18 bits per heavy atom. The van der Waals surface area contributed by atoms with E-state index in [1.54, 1.807) is 18.2 Å². The number of benzene rings is 1. The molecule has 0 bridgehead atoms. The van der Waals surface area contributed by atoms with E-state index in [-0.39, 0.29) is 30.1 Å². The Balaban J connectivity index is 0.00000225. The van der Waals surface area contributed by atoms with Crippen LogP contribution in [0.3, 0.4) is 0 Å². The number of anilines is 1. The minimum atomic E-state index is -2.87. The first-order chi connectivity index (χ1) is 13.1. The molecule has 0 aliphatic carbocycles. The van der Waals surface area contributed by atoms with E-state index in [2.05, 4.69) is 25.6 Å². The number of ether oxygens (including phenoxy) is 1. The van der Waals surface area contributed by atoms with Crippen LogP contribution in [0.4, 0.5) is 14.5 Å². The summed E-state index contributed by atoms with van der Waals surface area (Å²) in [6.45, 7) is -0.198. The number of hydrogen-bond donors (Lipinski definition) is 3. The highest BCUT2D eigenvalue weighted by atomic mass is 35.5. The van der Waals surface area contributed by atoms with Gasteiger partial charge in [-0.2, -0.15) is 13.9 Å². The Hall–Kier alpha value is -2.39. The van der Waals surface area contributed by atoms with Crippen LogP contribution in [0.25, 0.3) is 0 Å². The second-order valence-corrected chi connectivity index (χ2v) is 6.71. The number of aromatic nitrogens is 2. The number of nitrogens with zero attached hydrogens (tertiary/aromatic N) is 2. The van der Waals surface area contributed by atoms with Gasteiger partial charge in [-0.3, -0.25) is 9.89 Å². The summed E-state index contributed by atoms with van der Waals surface area (Å²) in [5.74, 6) is -0.0629. The van der Waals surface area contributed by atoms with Gasteiger partial charge in [0.15, 0.2) is 5.69 Å². The van der Waals surface area contributed by atoms with Crippen molar-refractivity contribution in [2.24, 2.45) is 0 Å². The fraction of sp³-hybridized carbons (Fsp3) is 0.444. The fourth-order valence-corrected chi connectivity index (χ4v) is 3.68. The summed E-state index contributed by atoms with van der Waals surface area (Å²) >= 11 is 0. The first-order valence-corrected chi connectivity index (χ1v) is 8.98. The van der Waals surface area contributed by atoms with Crippen molar-refractivity contribution >= 4 is 24.0 Å². The lowest BCUT2D eigenvalue weighted by molar-refractivity contribution is -0.0495. The van der Waals surface area contributed by atoms with Gasteiger partial charge in [-0.05, 0) is 18.6 Å². The van der Waals surface area contributed by atoms with Crippen molar-refractivity contribution in [3.05, 3.63) is 41.2 Å². The molecule has 3 heterocycles. The average Bonchev–Trinajstić information content (AvgIpc) is 3.28. The molecule has 7 nitrogen and oxygen atoms in total. The van der Waals surface area contributed by atoms with Crippen LogP contribution in [0, 0.1) is 0 Å². The molecule has 0 radical (unpaired) electrons. The van der Waals surface area contributed by atoms with E-state index >= 15 is 0 Å². The lowest BCUT2D eigenvalue weighted by Gasteiger charge is -2.22. The monoisotopic (exact) mass is 413 g/mol. The zero-order valence-electron chi connectivity index (χ0n) is 15.1. The predicted molar refractivity (Wildman–Crippen MR) is 102 cm³/mol. The van der Waals surface area contributed by atoms with Gasteiger partial charge >= 0.3 is 6.61 Å². The molecule has 1 saturated heterocycles. The molecule has 1 fully saturated rings. The van der Waals surface area contributed by atoms with Crippen molar-refractivity contribution in [1.82, 2.24) is 20.8 Å². The number of alkyl halides is 2. The van der Waals surface area contributed by atoms with Gasteiger partial charge < -0.3 is 20.3 Å². The number of aromatic amines is 1. The molecule has 10 heteroatoms. The number of rotatable bonds is 5. The maximum Gasteiger partial charge on any atom is 0.387 e. The quantitative estimate of drug-likeness (QED) is 0.699. The summed E-state index contributed by atoms with van der Waals surface area (Å²) in [6, 6.07) is 6.63. The zero-order chi connectivity index (χ0) is 18.8. The van der Waals surface area contributed by atoms with Crippen LogP contribution in [0.2, 0.25) is 0 Å². The Morgan fingerprint density at radius 3 is 3.00 bits per heavy atom. The number of fused-ring (bicyclic) bond motifs is 1. The summed E-state index contributed by atoms with van der Waals surface area (Å²) in [7, 11) is 0. The predicted octanol–water partition coefficient (Wildman–Crippen LogP) is 2.09. The van der Waals surface area contributed by atoms with E-state index in [4.69, 9.17) is 0 Å². The van der Waals surface area contributed by atoms with Gasteiger partial charge in [0.1, 0.15) is 5.75 Å². The molecule has 2 aliphatic rings. The number of amides is 1. The van der Waals surface area contributed by atoms with Gasteiger partial charge in [0.25, 0.3) is 5.91 Å². The molecular weight excluding hydrogens is 392 g/mol. The number of para-hydroxylation sites is 2. The van der Waals surface area contributed by atoms with Crippen molar-refractivity contribution in [3.63, 3.8) is 0 Å². The smallest absolute Gasteiger partial charge is 0.387 e. The number of carbonyl (C=O) groups is 1. The summed E-state index contributed by atoms with van der Waals surface area (Å²) in [4.78, 5) is 14.6. The number of hydrogen-bond acceptors (Lipinski definition) is 5. The third-order valence-corrected chi connectivity index (χ3v) is 4.97. The molecule has 3 N–H and O–H groups in total. The second-order valence-electron chi connectivity index (χ2n) is 6.71. The van der Waals surface area contributed by atoms with Crippen molar-refractivity contribution in [2.75, 3.05) is 24.5 Å². The van der Waals surface area contributed by atoms with Crippen molar-refractivity contribution < 1.29 is 18.3 Å². The van der Waals surface area contributed by atoms with Crippen LogP contribution in [-0.2, 0) is 13.0 Å². The SMILES string of the molecule is Cl.O=C(NC1CCN(c2ccccc2OC(F)F)C1)c1n[nH]c2c1CNCC2. The number of nitrogens with one attached hydrogen (secondary N) is 3. The van der Waals surface area contributed by atoms with Crippen LogP contribution >= 0.6 is 12.4 Å². The Labute approximate surface area is 167 Å². The number of H-pyrrole nitrogens is 1. The molecule has 0 saturated carbocycles. The van der Waals surface area contributed by atoms with E-state index in [0.717, 1.165) is 30.6 Å². The van der Waals surface area contributed by atoms with Crippen LogP contribution in [0.15, 0.2) is 24.3 Å². The van der Waals surface area contributed by atoms with Crippen molar-refractivity contribution in [3.8, 4) is 5.75 Å². The maximum atomic E-state index is 12.6. The first-order valence-electron chi connectivity index (χ1n) is 8.98.